The maximum absolute atomic E-state index is 8.54. The molecule has 0 atom stereocenters. The number of anilines is 1. The highest BCUT2D eigenvalue weighted by Crippen LogP contribution is 1.98. The lowest BCUT2D eigenvalue weighted by atomic mass is 10.3. The fourth-order valence-corrected chi connectivity index (χ4v) is 0.512. The topological polar surface area (TPSA) is 72.0 Å². The van der Waals surface area contributed by atoms with Crippen LogP contribution in [0, 0.1) is 0 Å². The zero-order valence-electron chi connectivity index (χ0n) is 4.78. The highest BCUT2D eigenvalue weighted by molar-refractivity contribution is 5.28. The molecule has 0 aliphatic heterocycles. The van der Waals surface area contributed by atoms with Crippen molar-refractivity contribution in [1.82, 2.24) is 10.2 Å². The molecule has 0 fully saturated rings. The number of rotatable bonds is 1. The molecule has 1 aromatic rings. The normalized spacial score (nSPS) is 9.44. The van der Waals surface area contributed by atoms with Gasteiger partial charge < -0.3 is 10.8 Å². The Morgan fingerprint density at radius 3 is 2.89 bits per heavy atom. The van der Waals surface area contributed by atoms with E-state index in [1.54, 1.807) is 6.07 Å². The van der Waals surface area contributed by atoms with Crippen molar-refractivity contribution >= 4 is 5.82 Å². The molecule has 0 aliphatic rings. The van der Waals surface area contributed by atoms with Gasteiger partial charge in [-0.3, -0.25) is 0 Å². The van der Waals surface area contributed by atoms with Crippen LogP contribution in [0.4, 0.5) is 5.82 Å². The van der Waals surface area contributed by atoms with Gasteiger partial charge in [0.05, 0.1) is 12.8 Å². The van der Waals surface area contributed by atoms with E-state index < -0.39 is 0 Å². The second-order valence-electron chi connectivity index (χ2n) is 1.65. The van der Waals surface area contributed by atoms with Crippen molar-refractivity contribution in [3.05, 3.63) is 17.8 Å². The number of aromatic nitrogens is 2. The first-order chi connectivity index (χ1) is 4.33. The van der Waals surface area contributed by atoms with Gasteiger partial charge in [0, 0.05) is 5.56 Å². The molecule has 48 valence electrons. The first-order valence-electron chi connectivity index (χ1n) is 2.51. The van der Waals surface area contributed by atoms with Gasteiger partial charge in [0.1, 0.15) is 5.82 Å². The highest BCUT2D eigenvalue weighted by atomic mass is 16.3. The Balaban J connectivity index is 2.94. The molecule has 1 aromatic heterocycles. The van der Waals surface area contributed by atoms with Crippen molar-refractivity contribution in [2.24, 2.45) is 0 Å². The minimum atomic E-state index is -0.0419. The summed E-state index contributed by atoms with van der Waals surface area (Å²) < 4.78 is 0. The van der Waals surface area contributed by atoms with Crippen LogP contribution in [0.15, 0.2) is 12.3 Å². The number of hydrogen-bond donors (Lipinski definition) is 2. The van der Waals surface area contributed by atoms with Crippen LogP contribution in [-0.4, -0.2) is 15.3 Å². The molecule has 0 saturated heterocycles. The van der Waals surface area contributed by atoms with Crippen molar-refractivity contribution in [2.45, 2.75) is 6.61 Å². The maximum Gasteiger partial charge on any atom is 0.146 e. The zero-order valence-corrected chi connectivity index (χ0v) is 4.78. The molecule has 0 amide bonds. The average Bonchev–Trinajstić information content (AvgIpc) is 1.88. The maximum atomic E-state index is 8.54. The fraction of sp³-hybridized carbons (Fsp3) is 0.200. The van der Waals surface area contributed by atoms with Crippen LogP contribution in [0.2, 0.25) is 0 Å². The SMILES string of the molecule is Nc1cc(CO)cnn1. The molecule has 0 saturated carbocycles. The lowest BCUT2D eigenvalue weighted by Crippen LogP contribution is -1.94. The van der Waals surface area contributed by atoms with Gasteiger partial charge in [0.2, 0.25) is 0 Å². The van der Waals surface area contributed by atoms with E-state index in [4.69, 9.17) is 10.8 Å². The number of aliphatic hydroxyl groups excluding tert-OH is 1. The van der Waals surface area contributed by atoms with E-state index in [-0.39, 0.29) is 6.61 Å². The lowest BCUT2D eigenvalue weighted by Gasteiger charge is -1.92. The van der Waals surface area contributed by atoms with Crippen LogP contribution in [0.1, 0.15) is 5.56 Å². The van der Waals surface area contributed by atoms with Crippen LogP contribution in [0.5, 0.6) is 0 Å². The molecule has 0 bridgehead atoms. The van der Waals surface area contributed by atoms with Gasteiger partial charge in [-0.15, -0.1) is 5.10 Å². The summed E-state index contributed by atoms with van der Waals surface area (Å²) in [5, 5.41) is 15.6. The molecule has 3 N–H and O–H groups in total. The number of nitrogens with two attached hydrogens (primary N) is 1. The van der Waals surface area contributed by atoms with Crippen molar-refractivity contribution in [2.75, 3.05) is 5.73 Å². The molecule has 9 heavy (non-hydrogen) atoms. The van der Waals surface area contributed by atoms with Crippen LogP contribution in [0.25, 0.3) is 0 Å². The van der Waals surface area contributed by atoms with Crippen molar-refractivity contribution in [3.63, 3.8) is 0 Å². The van der Waals surface area contributed by atoms with Crippen LogP contribution in [-0.2, 0) is 6.61 Å². The third-order valence-electron chi connectivity index (χ3n) is 0.913. The third-order valence-corrected chi connectivity index (χ3v) is 0.913. The van der Waals surface area contributed by atoms with Gasteiger partial charge in [-0.1, -0.05) is 0 Å². The molecule has 0 radical (unpaired) electrons. The van der Waals surface area contributed by atoms with Crippen LogP contribution >= 0.6 is 0 Å². The number of nitrogen functional groups attached to an aromatic ring is 1. The Morgan fingerprint density at radius 1 is 1.67 bits per heavy atom. The van der Waals surface area contributed by atoms with Gasteiger partial charge >= 0.3 is 0 Å². The summed E-state index contributed by atoms with van der Waals surface area (Å²) in [5.41, 5.74) is 5.93. The first kappa shape index (κ1) is 5.97. The first-order valence-corrected chi connectivity index (χ1v) is 2.51. The van der Waals surface area contributed by atoms with Gasteiger partial charge in [0.15, 0.2) is 0 Å². The summed E-state index contributed by atoms with van der Waals surface area (Å²) >= 11 is 0. The third kappa shape index (κ3) is 1.36. The predicted octanol–water partition coefficient (Wildman–Crippen LogP) is -0.449. The lowest BCUT2D eigenvalue weighted by molar-refractivity contribution is 0.281. The second-order valence-corrected chi connectivity index (χ2v) is 1.65. The minimum Gasteiger partial charge on any atom is -0.392 e. The van der Waals surface area contributed by atoms with Crippen LogP contribution in [0.3, 0.4) is 0 Å². The largest absolute Gasteiger partial charge is 0.392 e. The van der Waals surface area contributed by atoms with Crippen molar-refractivity contribution in [3.8, 4) is 0 Å². The van der Waals surface area contributed by atoms with Gasteiger partial charge in [-0.25, -0.2) is 0 Å². The van der Waals surface area contributed by atoms with E-state index in [1.165, 1.54) is 6.20 Å². The van der Waals surface area contributed by atoms with Gasteiger partial charge in [0.25, 0.3) is 0 Å². The smallest absolute Gasteiger partial charge is 0.146 e. The Hall–Kier alpha value is -1.16. The molecule has 0 unspecified atom stereocenters. The molecule has 0 aliphatic carbocycles. The summed E-state index contributed by atoms with van der Waals surface area (Å²) in [5.74, 6) is 0.335. The monoisotopic (exact) mass is 125 g/mol. The molecule has 1 heterocycles. The number of hydrogen-bond acceptors (Lipinski definition) is 4. The van der Waals surface area contributed by atoms with Crippen LogP contribution < -0.4 is 5.73 Å². The van der Waals surface area contributed by atoms with E-state index in [2.05, 4.69) is 10.2 Å². The van der Waals surface area contributed by atoms with Crippen molar-refractivity contribution < 1.29 is 5.11 Å². The summed E-state index contributed by atoms with van der Waals surface area (Å²) in [4.78, 5) is 0. The summed E-state index contributed by atoms with van der Waals surface area (Å²) in [6.45, 7) is -0.0419. The summed E-state index contributed by atoms with van der Waals surface area (Å²) in [6.07, 6.45) is 1.47. The van der Waals surface area contributed by atoms with E-state index in [9.17, 15) is 0 Å². The summed E-state index contributed by atoms with van der Waals surface area (Å²) in [6, 6.07) is 1.58. The fourth-order valence-electron chi connectivity index (χ4n) is 0.512. The summed E-state index contributed by atoms with van der Waals surface area (Å²) in [7, 11) is 0. The van der Waals surface area contributed by atoms with Gasteiger partial charge in [-0.2, -0.15) is 5.10 Å². The van der Waals surface area contributed by atoms with E-state index >= 15 is 0 Å². The Bertz CT molecular complexity index is 201. The van der Waals surface area contributed by atoms with Crippen molar-refractivity contribution in [1.29, 1.82) is 0 Å². The van der Waals surface area contributed by atoms with Gasteiger partial charge in [-0.05, 0) is 6.07 Å². The highest BCUT2D eigenvalue weighted by Gasteiger charge is 1.90. The molecule has 4 heteroatoms. The average molecular weight is 125 g/mol. The second kappa shape index (κ2) is 2.41. The molecule has 1 rings (SSSR count). The molecular weight excluding hydrogens is 118 g/mol. The predicted molar refractivity (Wildman–Crippen MR) is 32.4 cm³/mol. The Morgan fingerprint density at radius 2 is 2.44 bits per heavy atom. The molecule has 4 nitrogen and oxygen atoms in total. The van der Waals surface area contributed by atoms with E-state index in [1.807, 2.05) is 0 Å². The zero-order chi connectivity index (χ0) is 6.69. The Kier molecular flexibility index (Phi) is 1.60. The number of nitrogens with zero attached hydrogens (tertiary/aromatic N) is 2. The van der Waals surface area contributed by atoms with E-state index in [0.717, 1.165) is 0 Å². The van der Waals surface area contributed by atoms with E-state index in [0.29, 0.717) is 11.4 Å². The quantitative estimate of drug-likeness (QED) is 0.533. The molecule has 0 aromatic carbocycles. The standard InChI is InChI=1S/C5H7N3O/c6-5-1-4(3-9)2-7-8-5/h1-2,9H,3H2,(H2,6,8). The molecular formula is C5H7N3O. The Labute approximate surface area is 52.3 Å². The minimum absolute atomic E-state index is 0.0419. The number of aliphatic hydroxyl groups is 1. The molecule has 0 spiro atoms.